The van der Waals surface area contributed by atoms with Crippen LogP contribution in [0, 0.1) is 41.0 Å². The van der Waals surface area contributed by atoms with Gasteiger partial charge in [-0.3, -0.25) is 29.7 Å². The maximum absolute atomic E-state index is 12.4. The van der Waals surface area contributed by atoms with Crippen molar-refractivity contribution in [3.05, 3.63) is 79.1 Å². The van der Waals surface area contributed by atoms with E-state index in [9.17, 15) is 25.0 Å². The zero-order chi connectivity index (χ0) is 29.7. The summed E-state index contributed by atoms with van der Waals surface area (Å²) in [4.78, 5) is 33.7. The molecule has 1 aromatic carbocycles. The van der Waals surface area contributed by atoms with Crippen molar-refractivity contribution >= 4 is 35.3 Å². The normalized spacial score (nSPS) is 11.3. The second kappa shape index (κ2) is 12.5. The van der Waals surface area contributed by atoms with E-state index in [-0.39, 0.29) is 23.0 Å². The number of aromatic nitrogens is 5. The third kappa shape index (κ3) is 6.66. The molecular weight excluding hydrogens is 554 g/mol. The van der Waals surface area contributed by atoms with Gasteiger partial charge in [-0.2, -0.15) is 10.2 Å². The molecule has 1 amide bonds. The van der Waals surface area contributed by atoms with Crippen LogP contribution >= 0.6 is 11.8 Å². The van der Waals surface area contributed by atoms with Crippen molar-refractivity contribution < 1.29 is 19.1 Å². The number of thioether (sulfide) groups is 1. The molecule has 4 rings (SSSR count). The van der Waals surface area contributed by atoms with Gasteiger partial charge < -0.3 is 8.98 Å². The number of benzene rings is 1. The third-order valence-corrected chi connectivity index (χ3v) is 7.18. The molecule has 15 nitrogen and oxygen atoms in total. The first-order valence-corrected chi connectivity index (χ1v) is 13.5. The lowest BCUT2D eigenvalue weighted by Gasteiger charge is -2.08. The topological polar surface area (TPSA) is 189 Å². The van der Waals surface area contributed by atoms with Crippen LogP contribution < -0.4 is 5.43 Å². The Labute approximate surface area is 237 Å². The molecule has 0 aliphatic carbocycles. The fraction of sp³-hybridized carbons (Fsp3) is 0.320. The highest BCUT2D eigenvalue weighted by Gasteiger charge is 2.22. The number of carbonyl (C=O) groups excluding carboxylic acids is 1. The second-order valence-corrected chi connectivity index (χ2v) is 9.88. The molecular formula is C25H27N9O6S. The van der Waals surface area contributed by atoms with Gasteiger partial charge in [0.2, 0.25) is 0 Å². The molecule has 0 unspecified atom stereocenters. The average Bonchev–Trinajstić information content (AvgIpc) is 3.62. The number of aryl methyl sites for hydroxylation is 4. The first-order chi connectivity index (χ1) is 19.6. The minimum Gasteiger partial charge on any atom is -0.455 e. The summed E-state index contributed by atoms with van der Waals surface area (Å²) in [5, 5.41) is 39.4. The Morgan fingerprint density at radius 1 is 1.15 bits per heavy atom. The average molecular weight is 582 g/mol. The molecule has 0 saturated carbocycles. The fourth-order valence-electron chi connectivity index (χ4n) is 4.24. The van der Waals surface area contributed by atoms with E-state index >= 15 is 0 Å². The van der Waals surface area contributed by atoms with Crippen molar-refractivity contribution in [3.63, 3.8) is 0 Å². The van der Waals surface area contributed by atoms with Gasteiger partial charge in [0.05, 0.1) is 21.8 Å². The highest BCUT2D eigenvalue weighted by molar-refractivity contribution is 7.99. The molecule has 1 N–H and O–H groups in total. The lowest BCUT2D eigenvalue weighted by Crippen LogP contribution is -2.20. The smallest absolute Gasteiger partial charge is 0.312 e. The Hall–Kier alpha value is -4.86. The third-order valence-electron chi connectivity index (χ3n) is 6.21. The number of nitrogens with one attached hydrogen (secondary N) is 1. The van der Waals surface area contributed by atoms with Crippen LogP contribution in [0.4, 0.5) is 11.4 Å². The highest BCUT2D eigenvalue weighted by Crippen LogP contribution is 2.28. The number of rotatable bonds is 12. The van der Waals surface area contributed by atoms with E-state index in [0.29, 0.717) is 64.5 Å². The summed E-state index contributed by atoms with van der Waals surface area (Å²) >= 11 is 1.21. The summed E-state index contributed by atoms with van der Waals surface area (Å²) in [7, 11) is 0. The molecule has 16 heteroatoms. The largest absolute Gasteiger partial charge is 0.455 e. The van der Waals surface area contributed by atoms with Gasteiger partial charge in [0.25, 0.3) is 11.6 Å². The standard InChI is InChI=1S/C25H27N9O6S/c1-5-31-22(10-11-32-17(4)24(34(38)39)16(3)30-32)27-29-25(31)41-14-23(35)28-26-13-19-7-9-21(40-19)20-8-6-18(33(36)37)12-15(20)2/h6-9,12-13H,5,10-11,14H2,1-4H3,(H,28,35)/b26-13+. The summed E-state index contributed by atoms with van der Waals surface area (Å²) in [5.74, 6) is 1.29. The number of amides is 1. The predicted octanol–water partition coefficient (Wildman–Crippen LogP) is 3.98. The number of hydrogen-bond acceptors (Lipinski definition) is 11. The molecule has 0 aliphatic rings. The van der Waals surface area contributed by atoms with Gasteiger partial charge in [-0.15, -0.1) is 10.2 Å². The Morgan fingerprint density at radius 3 is 2.59 bits per heavy atom. The predicted molar refractivity (Wildman–Crippen MR) is 150 cm³/mol. The van der Waals surface area contributed by atoms with Gasteiger partial charge >= 0.3 is 5.69 Å². The minimum atomic E-state index is -0.454. The van der Waals surface area contributed by atoms with Crippen molar-refractivity contribution in [1.29, 1.82) is 0 Å². The van der Waals surface area contributed by atoms with Gasteiger partial charge in [-0.05, 0) is 51.5 Å². The van der Waals surface area contributed by atoms with Crippen molar-refractivity contribution in [2.45, 2.75) is 52.4 Å². The van der Waals surface area contributed by atoms with Gasteiger partial charge in [0.15, 0.2) is 5.16 Å². The Morgan fingerprint density at radius 2 is 1.93 bits per heavy atom. The summed E-state index contributed by atoms with van der Waals surface area (Å²) in [6.07, 6.45) is 1.82. The van der Waals surface area contributed by atoms with Crippen LogP contribution in [0.25, 0.3) is 11.3 Å². The van der Waals surface area contributed by atoms with Gasteiger partial charge in [-0.25, -0.2) is 5.43 Å². The summed E-state index contributed by atoms with van der Waals surface area (Å²) in [6, 6.07) is 7.90. The first kappa shape index (κ1) is 29.1. The van der Waals surface area contributed by atoms with Crippen LogP contribution in [0.5, 0.6) is 0 Å². The number of hydrazone groups is 1. The minimum absolute atomic E-state index is 0.00117. The van der Waals surface area contributed by atoms with Crippen LogP contribution in [0.2, 0.25) is 0 Å². The number of nitro groups is 2. The van der Waals surface area contributed by atoms with Crippen LogP contribution in [0.15, 0.2) is 45.0 Å². The summed E-state index contributed by atoms with van der Waals surface area (Å²) in [6.45, 7) is 7.94. The molecule has 41 heavy (non-hydrogen) atoms. The summed E-state index contributed by atoms with van der Waals surface area (Å²) < 4.78 is 9.21. The van der Waals surface area contributed by atoms with Crippen LogP contribution in [0.1, 0.15) is 35.5 Å². The molecule has 0 saturated heterocycles. The highest BCUT2D eigenvalue weighted by atomic mass is 32.2. The number of hydrogen-bond donors (Lipinski definition) is 1. The molecule has 0 radical (unpaired) electrons. The fourth-order valence-corrected chi connectivity index (χ4v) is 5.05. The number of non-ortho nitro benzene ring substituents is 1. The zero-order valence-corrected chi connectivity index (χ0v) is 23.5. The van der Waals surface area contributed by atoms with Crippen LogP contribution in [-0.4, -0.2) is 52.3 Å². The van der Waals surface area contributed by atoms with E-state index in [1.165, 1.54) is 30.1 Å². The van der Waals surface area contributed by atoms with Crippen LogP contribution in [0.3, 0.4) is 0 Å². The molecule has 4 aromatic rings. The van der Waals surface area contributed by atoms with Crippen molar-refractivity contribution in [1.82, 2.24) is 30.0 Å². The van der Waals surface area contributed by atoms with E-state index in [1.54, 1.807) is 43.7 Å². The molecule has 0 fully saturated rings. The maximum Gasteiger partial charge on any atom is 0.312 e. The van der Waals surface area contributed by atoms with E-state index in [2.05, 4.69) is 25.8 Å². The number of nitro benzene ring substituents is 1. The van der Waals surface area contributed by atoms with Crippen LogP contribution in [-0.2, 0) is 24.3 Å². The van der Waals surface area contributed by atoms with Crippen molar-refractivity contribution in [2.75, 3.05) is 5.75 Å². The van der Waals surface area contributed by atoms with E-state index in [4.69, 9.17) is 4.42 Å². The number of nitrogens with zero attached hydrogens (tertiary/aromatic N) is 8. The molecule has 3 heterocycles. The Balaban J connectivity index is 1.30. The van der Waals surface area contributed by atoms with E-state index in [0.717, 1.165) is 0 Å². The zero-order valence-electron chi connectivity index (χ0n) is 22.7. The molecule has 0 atom stereocenters. The van der Waals surface area contributed by atoms with Gasteiger partial charge in [-0.1, -0.05) is 11.8 Å². The van der Waals surface area contributed by atoms with E-state index in [1.807, 2.05) is 11.5 Å². The lowest BCUT2D eigenvalue weighted by molar-refractivity contribution is -0.386. The Kier molecular flexibility index (Phi) is 8.91. The molecule has 0 spiro atoms. The monoisotopic (exact) mass is 581 g/mol. The summed E-state index contributed by atoms with van der Waals surface area (Å²) in [5.41, 5.74) is 4.71. The lowest BCUT2D eigenvalue weighted by atomic mass is 10.1. The molecule has 3 aromatic heterocycles. The first-order valence-electron chi connectivity index (χ1n) is 12.5. The van der Waals surface area contributed by atoms with Crippen molar-refractivity contribution in [2.24, 2.45) is 5.10 Å². The van der Waals surface area contributed by atoms with Crippen molar-refractivity contribution in [3.8, 4) is 11.3 Å². The maximum atomic E-state index is 12.4. The SMILES string of the molecule is CCn1c(CCn2nc(C)c([N+](=O)[O-])c2C)nnc1SCC(=O)N/N=C/c1ccc(-c2ccc([N+](=O)[O-])cc2C)o1. The molecule has 214 valence electrons. The van der Waals surface area contributed by atoms with Gasteiger partial charge in [0, 0.05) is 37.2 Å². The molecule has 0 bridgehead atoms. The number of furan rings is 1. The van der Waals surface area contributed by atoms with Gasteiger partial charge in [0.1, 0.15) is 28.7 Å². The Bertz CT molecular complexity index is 1640. The van der Waals surface area contributed by atoms with E-state index < -0.39 is 9.85 Å². The second-order valence-electron chi connectivity index (χ2n) is 8.93. The number of carbonyl (C=O) groups is 1. The molecule has 0 aliphatic heterocycles. The quantitative estimate of drug-likeness (QED) is 0.111.